The smallest absolute Gasteiger partial charge is 0.166 e. The Morgan fingerprint density at radius 1 is 1.22 bits per heavy atom. The first-order chi connectivity index (χ1) is 8.74. The van der Waals surface area contributed by atoms with Crippen molar-refractivity contribution in [3.63, 3.8) is 0 Å². The van der Waals surface area contributed by atoms with Crippen molar-refractivity contribution in [3.8, 4) is 5.75 Å². The van der Waals surface area contributed by atoms with E-state index in [1.54, 1.807) is 6.07 Å². The highest BCUT2D eigenvalue weighted by Gasteiger charge is 2.35. The molecular weight excluding hydrogens is 231 g/mol. The van der Waals surface area contributed by atoms with Crippen molar-refractivity contribution in [2.75, 3.05) is 18.4 Å². The minimum Gasteiger partial charge on any atom is -0.505 e. The van der Waals surface area contributed by atoms with E-state index in [-0.39, 0.29) is 5.75 Å². The third-order valence-electron chi connectivity index (χ3n) is 4.16. The maximum Gasteiger partial charge on any atom is 0.166 e. The summed E-state index contributed by atoms with van der Waals surface area (Å²) in [6.07, 6.45) is 4.95. The molecule has 0 aliphatic carbocycles. The fourth-order valence-electron chi connectivity index (χ4n) is 3.23. The number of aromatic hydroxyl groups is 1. The van der Waals surface area contributed by atoms with Gasteiger partial charge in [-0.05, 0) is 37.9 Å². The van der Waals surface area contributed by atoms with Gasteiger partial charge >= 0.3 is 0 Å². The maximum absolute atomic E-state index is 13.3. The van der Waals surface area contributed by atoms with E-state index in [4.69, 9.17) is 0 Å². The molecule has 2 aliphatic heterocycles. The Labute approximate surface area is 107 Å². The standard InChI is InChI=1S/C14H19FN2O/c15-11-9-10(4-5-14(11)18)16-12-6-8-17-7-2-1-3-13(12)17/h4-5,9,12-13,16,18H,1-3,6-8H2. The monoisotopic (exact) mass is 250 g/mol. The molecule has 1 aromatic rings. The zero-order chi connectivity index (χ0) is 12.5. The van der Waals surface area contributed by atoms with E-state index < -0.39 is 5.82 Å². The summed E-state index contributed by atoms with van der Waals surface area (Å²) in [4.78, 5) is 2.54. The number of nitrogens with zero attached hydrogens (tertiary/aromatic N) is 1. The van der Waals surface area contributed by atoms with E-state index in [1.807, 2.05) is 0 Å². The van der Waals surface area contributed by atoms with Gasteiger partial charge in [0.05, 0.1) is 0 Å². The summed E-state index contributed by atoms with van der Waals surface area (Å²) in [5.74, 6) is -0.843. The van der Waals surface area contributed by atoms with Crippen molar-refractivity contribution in [1.29, 1.82) is 0 Å². The number of nitrogens with one attached hydrogen (secondary N) is 1. The molecule has 0 radical (unpaired) electrons. The summed E-state index contributed by atoms with van der Waals surface area (Å²) in [5, 5.41) is 12.6. The van der Waals surface area contributed by atoms with Crippen LogP contribution in [0.15, 0.2) is 18.2 Å². The second-order valence-corrected chi connectivity index (χ2v) is 5.30. The van der Waals surface area contributed by atoms with Gasteiger partial charge in [-0.15, -0.1) is 0 Å². The molecular formula is C14H19FN2O. The zero-order valence-corrected chi connectivity index (χ0v) is 10.4. The largest absolute Gasteiger partial charge is 0.505 e. The van der Waals surface area contributed by atoms with Crippen LogP contribution in [0.5, 0.6) is 5.75 Å². The molecule has 0 aromatic heterocycles. The summed E-state index contributed by atoms with van der Waals surface area (Å²) in [6.45, 7) is 2.34. The average molecular weight is 250 g/mol. The van der Waals surface area contributed by atoms with Crippen LogP contribution in [0.4, 0.5) is 10.1 Å². The van der Waals surface area contributed by atoms with Crippen LogP contribution in [0.3, 0.4) is 0 Å². The molecule has 3 rings (SSSR count). The number of halogens is 1. The van der Waals surface area contributed by atoms with Crippen molar-refractivity contribution in [2.24, 2.45) is 0 Å². The third kappa shape index (κ3) is 2.17. The minimum absolute atomic E-state index is 0.286. The molecule has 2 heterocycles. The van der Waals surface area contributed by atoms with Crippen LogP contribution in [-0.4, -0.2) is 35.2 Å². The van der Waals surface area contributed by atoms with Crippen molar-refractivity contribution in [2.45, 2.75) is 37.8 Å². The third-order valence-corrected chi connectivity index (χ3v) is 4.16. The normalized spacial score (nSPS) is 28.1. The fourth-order valence-corrected chi connectivity index (χ4v) is 3.23. The van der Waals surface area contributed by atoms with Gasteiger partial charge in [-0.2, -0.15) is 0 Å². The van der Waals surface area contributed by atoms with E-state index >= 15 is 0 Å². The Bertz CT molecular complexity index is 438. The Morgan fingerprint density at radius 3 is 2.94 bits per heavy atom. The van der Waals surface area contributed by atoms with Gasteiger partial charge in [-0.3, -0.25) is 4.90 Å². The van der Waals surface area contributed by atoms with Crippen LogP contribution >= 0.6 is 0 Å². The lowest BCUT2D eigenvalue weighted by molar-refractivity contribution is 0.193. The Kier molecular flexibility index (Phi) is 3.12. The average Bonchev–Trinajstić information content (AvgIpc) is 2.78. The van der Waals surface area contributed by atoms with Crippen molar-refractivity contribution in [3.05, 3.63) is 24.0 Å². The quantitative estimate of drug-likeness (QED) is 0.792. The lowest BCUT2D eigenvalue weighted by atomic mass is 9.99. The molecule has 0 spiro atoms. The highest BCUT2D eigenvalue weighted by atomic mass is 19.1. The molecule has 98 valence electrons. The second-order valence-electron chi connectivity index (χ2n) is 5.30. The number of phenols is 1. The van der Waals surface area contributed by atoms with Crippen LogP contribution in [0.25, 0.3) is 0 Å². The molecule has 2 saturated heterocycles. The summed E-state index contributed by atoms with van der Waals surface area (Å²) < 4.78 is 13.3. The lowest BCUT2D eigenvalue weighted by Crippen LogP contribution is -2.41. The number of piperidine rings is 1. The Morgan fingerprint density at radius 2 is 2.11 bits per heavy atom. The summed E-state index contributed by atoms with van der Waals surface area (Å²) in [7, 11) is 0. The first-order valence-electron chi connectivity index (χ1n) is 6.73. The van der Waals surface area contributed by atoms with Crippen LogP contribution in [0, 0.1) is 5.82 Å². The van der Waals surface area contributed by atoms with E-state index in [0.717, 1.165) is 18.7 Å². The van der Waals surface area contributed by atoms with E-state index in [2.05, 4.69) is 10.2 Å². The molecule has 0 bridgehead atoms. The number of anilines is 1. The first-order valence-corrected chi connectivity index (χ1v) is 6.73. The molecule has 0 saturated carbocycles. The highest BCUT2D eigenvalue weighted by molar-refractivity contribution is 5.48. The van der Waals surface area contributed by atoms with Crippen LogP contribution in [0.2, 0.25) is 0 Å². The molecule has 3 nitrogen and oxygen atoms in total. The van der Waals surface area contributed by atoms with Crippen molar-refractivity contribution >= 4 is 5.69 Å². The van der Waals surface area contributed by atoms with Gasteiger partial charge in [0.2, 0.25) is 0 Å². The number of rotatable bonds is 2. The van der Waals surface area contributed by atoms with Gasteiger partial charge in [0.1, 0.15) is 0 Å². The number of phenolic OH excluding ortho intramolecular Hbond substituents is 1. The van der Waals surface area contributed by atoms with Crippen LogP contribution in [0.1, 0.15) is 25.7 Å². The Balaban J connectivity index is 1.70. The van der Waals surface area contributed by atoms with E-state index in [0.29, 0.717) is 12.1 Å². The van der Waals surface area contributed by atoms with Gasteiger partial charge in [-0.1, -0.05) is 6.42 Å². The van der Waals surface area contributed by atoms with Crippen molar-refractivity contribution < 1.29 is 9.50 Å². The molecule has 4 heteroatoms. The van der Waals surface area contributed by atoms with E-state index in [1.165, 1.54) is 37.9 Å². The van der Waals surface area contributed by atoms with E-state index in [9.17, 15) is 9.50 Å². The topological polar surface area (TPSA) is 35.5 Å². The maximum atomic E-state index is 13.3. The predicted molar refractivity (Wildman–Crippen MR) is 69.3 cm³/mol. The molecule has 18 heavy (non-hydrogen) atoms. The SMILES string of the molecule is Oc1ccc(NC2CCN3CCCCC23)cc1F. The summed E-state index contributed by atoms with van der Waals surface area (Å²) in [6, 6.07) is 5.53. The van der Waals surface area contributed by atoms with Crippen LogP contribution < -0.4 is 5.32 Å². The summed E-state index contributed by atoms with van der Waals surface area (Å²) >= 11 is 0. The molecule has 2 fully saturated rings. The molecule has 2 aliphatic rings. The molecule has 2 unspecified atom stereocenters. The summed E-state index contributed by atoms with van der Waals surface area (Å²) in [5.41, 5.74) is 0.766. The molecule has 2 atom stereocenters. The highest BCUT2D eigenvalue weighted by Crippen LogP contribution is 2.30. The lowest BCUT2D eigenvalue weighted by Gasteiger charge is -2.33. The van der Waals surface area contributed by atoms with Crippen molar-refractivity contribution in [1.82, 2.24) is 4.90 Å². The minimum atomic E-state index is -0.557. The van der Waals surface area contributed by atoms with Gasteiger partial charge in [-0.25, -0.2) is 4.39 Å². The van der Waals surface area contributed by atoms with Gasteiger partial charge in [0.25, 0.3) is 0 Å². The molecule has 1 aromatic carbocycles. The number of benzene rings is 1. The Hall–Kier alpha value is -1.29. The van der Waals surface area contributed by atoms with Gasteiger partial charge in [0, 0.05) is 30.4 Å². The zero-order valence-electron chi connectivity index (χ0n) is 10.4. The first kappa shape index (κ1) is 11.8. The molecule has 0 amide bonds. The van der Waals surface area contributed by atoms with Crippen LogP contribution in [-0.2, 0) is 0 Å². The fraction of sp³-hybridized carbons (Fsp3) is 0.571. The molecule has 2 N–H and O–H groups in total. The number of fused-ring (bicyclic) bond motifs is 1. The number of hydrogen-bond donors (Lipinski definition) is 2. The number of hydrogen-bond acceptors (Lipinski definition) is 3. The predicted octanol–water partition coefficient (Wildman–Crippen LogP) is 2.57. The second kappa shape index (κ2) is 4.76. The van der Waals surface area contributed by atoms with Gasteiger partial charge < -0.3 is 10.4 Å². The van der Waals surface area contributed by atoms with Gasteiger partial charge in [0.15, 0.2) is 11.6 Å².